The zero-order valence-corrected chi connectivity index (χ0v) is 11.7. The van der Waals surface area contributed by atoms with Crippen LogP contribution in [0.5, 0.6) is 0 Å². The van der Waals surface area contributed by atoms with Crippen molar-refractivity contribution in [3.8, 4) is 0 Å². The maximum Gasteiger partial charge on any atom is 0.407 e. The van der Waals surface area contributed by atoms with Crippen LogP contribution in [0.4, 0.5) is 4.79 Å². The van der Waals surface area contributed by atoms with Gasteiger partial charge in [0.1, 0.15) is 6.61 Å². The molecule has 0 unspecified atom stereocenters. The number of alkyl carbamates (subject to hydrolysis) is 1. The standard InChI is InChI=1S/C12H13ClN2O3S/c13-5-6-14-12(17)18-8-7-15-11(16)9-3-1-2-4-10(9)19-15/h1-4H,5-8H2,(H,14,17). The third-order valence-electron chi connectivity index (χ3n) is 2.44. The fourth-order valence-electron chi connectivity index (χ4n) is 1.59. The second-order valence-electron chi connectivity index (χ2n) is 3.75. The number of nitrogens with one attached hydrogen (secondary N) is 1. The Morgan fingerprint density at radius 1 is 1.42 bits per heavy atom. The van der Waals surface area contributed by atoms with Gasteiger partial charge in [0.15, 0.2) is 0 Å². The van der Waals surface area contributed by atoms with Crippen molar-refractivity contribution in [2.24, 2.45) is 0 Å². The molecule has 2 rings (SSSR count). The number of hydrogen-bond acceptors (Lipinski definition) is 4. The number of alkyl halides is 1. The number of benzene rings is 1. The molecule has 102 valence electrons. The summed E-state index contributed by atoms with van der Waals surface area (Å²) in [5, 5.41) is 3.18. The van der Waals surface area contributed by atoms with Crippen molar-refractivity contribution >= 4 is 39.3 Å². The smallest absolute Gasteiger partial charge is 0.407 e. The highest BCUT2D eigenvalue weighted by Gasteiger charge is 2.07. The highest BCUT2D eigenvalue weighted by Crippen LogP contribution is 2.15. The number of carbonyl (C=O) groups excluding carboxylic acids is 1. The van der Waals surface area contributed by atoms with Crippen LogP contribution in [-0.2, 0) is 11.3 Å². The molecule has 1 amide bonds. The minimum absolute atomic E-state index is 0.0506. The Balaban J connectivity index is 1.93. The molecule has 1 aromatic heterocycles. The Kier molecular flexibility index (Phi) is 4.81. The summed E-state index contributed by atoms with van der Waals surface area (Å²) in [6, 6.07) is 7.40. The molecule has 0 aliphatic heterocycles. The Labute approximate surface area is 118 Å². The lowest BCUT2D eigenvalue weighted by molar-refractivity contribution is 0.143. The Hall–Kier alpha value is -1.53. The average molecular weight is 301 g/mol. The molecule has 0 bridgehead atoms. The van der Waals surface area contributed by atoms with Crippen LogP contribution in [-0.4, -0.2) is 29.1 Å². The first-order chi connectivity index (χ1) is 9.22. The van der Waals surface area contributed by atoms with Gasteiger partial charge in [-0.15, -0.1) is 11.6 Å². The van der Waals surface area contributed by atoms with E-state index in [1.165, 1.54) is 11.5 Å². The number of aromatic nitrogens is 1. The van der Waals surface area contributed by atoms with Crippen LogP contribution in [0.25, 0.3) is 10.1 Å². The predicted molar refractivity (Wildman–Crippen MR) is 76.2 cm³/mol. The van der Waals surface area contributed by atoms with Crippen LogP contribution in [0.15, 0.2) is 29.1 Å². The molecular formula is C12H13ClN2O3S. The Morgan fingerprint density at radius 2 is 2.21 bits per heavy atom. The minimum atomic E-state index is -0.519. The fourth-order valence-corrected chi connectivity index (χ4v) is 2.66. The molecule has 19 heavy (non-hydrogen) atoms. The molecule has 0 aliphatic rings. The first kappa shape index (κ1) is 13.9. The van der Waals surface area contributed by atoms with E-state index in [2.05, 4.69) is 5.32 Å². The molecule has 5 nitrogen and oxygen atoms in total. The van der Waals surface area contributed by atoms with Crippen LogP contribution < -0.4 is 10.9 Å². The van der Waals surface area contributed by atoms with Gasteiger partial charge in [-0.2, -0.15) is 0 Å². The lowest BCUT2D eigenvalue weighted by atomic mass is 10.3. The van der Waals surface area contributed by atoms with Gasteiger partial charge in [0.2, 0.25) is 0 Å². The van der Waals surface area contributed by atoms with Crippen LogP contribution >= 0.6 is 23.1 Å². The predicted octanol–water partition coefficient (Wildman–Crippen LogP) is 2.03. The number of halogens is 1. The minimum Gasteiger partial charge on any atom is -0.448 e. The average Bonchev–Trinajstić information content (AvgIpc) is 2.74. The molecule has 0 fully saturated rings. The second kappa shape index (κ2) is 6.58. The summed E-state index contributed by atoms with van der Waals surface area (Å²) >= 11 is 6.79. The summed E-state index contributed by atoms with van der Waals surface area (Å²) < 4.78 is 7.45. The van der Waals surface area contributed by atoms with E-state index in [-0.39, 0.29) is 12.2 Å². The van der Waals surface area contributed by atoms with Gasteiger partial charge in [-0.1, -0.05) is 23.7 Å². The van der Waals surface area contributed by atoms with Gasteiger partial charge in [-0.3, -0.25) is 8.75 Å². The van der Waals surface area contributed by atoms with E-state index in [0.717, 1.165) is 4.70 Å². The SMILES string of the molecule is O=C(NCCCl)OCCn1sc2ccccc2c1=O. The van der Waals surface area contributed by atoms with Crippen molar-refractivity contribution < 1.29 is 9.53 Å². The van der Waals surface area contributed by atoms with Gasteiger partial charge in [-0.25, -0.2) is 4.79 Å². The van der Waals surface area contributed by atoms with Gasteiger partial charge < -0.3 is 10.1 Å². The van der Waals surface area contributed by atoms with Crippen molar-refractivity contribution in [1.82, 2.24) is 9.27 Å². The molecule has 0 atom stereocenters. The number of hydrogen-bond donors (Lipinski definition) is 1. The number of rotatable bonds is 5. The molecule has 1 aromatic carbocycles. The number of ether oxygens (including phenoxy) is 1. The highest BCUT2D eigenvalue weighted by molar-refractivity contribution is 7.13. The summed E-state index contributed by atoms with van der Waals surface area (Å²) in [5.74, 6) is 0.338. The van der Waals surface area contributed by atoms with E-state index in [1.807, 2.05) is 18.2 Å². The Bertz CT molecular complexity index is 623. The molecule has 1 N–H and O–H groups in total. The Morgan fingerprint density at radius 3 is 2.95 bits per heavy atom. The zero-order chi connectivity index (χ0) is 13.7. The van der Waals surface area contributed by atoms with Crippen molar-refractivity contribution in [3.63, 3.8) is 0 Å². The van der Waals surface area contributed by atoms with Gasteiger partial charge >= 0.3 is 6.09 Å². The lowest BCUT2D eigenvalue weighted by Gasteiger charge is -2.05. The van der Waals surface area contributed by atoms with E-state index in [1.54, 1.807) is 10.0 Å². The molecule has 0 saturated heterocycles. The first-order valence-corrected chi connectivity index (χ1v) is 7.08. The first-order valence-electron chi connectivity index (χ1n) is 5.78. The molecular weight excluding hydrogens is 288 g/mol. The third kappa shape index (κ3) is 3.48. The summed E-state index contributed by atoms with van der Waals surface area (Å²) in [7, 11) is 0. The summed E-state index contributed by atoms with van der Waals surface area (Å²) in [4.78, 5) is 23.1. The second-order valence-corrected chi connectivity index (χ2v) is 5.19. The van der Waals surface area contributed by atoms with Crippen LogP contribution in [0.3, 0.4) is 0 Å². The number of fused-ring (bicyclic) bond motifs is 1. The van der Waals surface area contributed by atoms with Gasteiger partial charge in [0.25, 0.3) is 5.56 Å². The normalized spacial score (nSPS) is 10.6. The number of carbonyl (C=O) groups is 1. The maximum atomic E-state index is 12.0. The van der Waals surface area contributed by atoms with Crippen LogP contribution in [0.2, 0.25) is 0 Å². The lowest BCUT2D eigenvalue weighted by Crippen LogP contribution is -2.28. The molecule has 0 saturated carbocycles. The molecule has 0 radical (unpaired) electrons. The fraction of sp³-hybridized carbons (Fsp3) is 0.333. The third-order valence-corrected chi connectivity index (χ3v) is 3.75. The van der Waals surface area contributed by atoms with E-state index >= 15 is 0 Å². The zero-order valence-electron chi connectivity index (χ0n) is 10.1. The summed E-state index contributed by atoms with van der Waals surface area (Å²) in [5.41, 5.74) is -0.0506. The van der Waals surface area contributed by atoms with Crippen molar-refractivity contribution in [2.75, 3.05) is 19.0 Å². The summed E-state index contributed by atoms with van der Waals surface area (Å²) in [6.07, 6.45) is -0.519. The van der Waals surface area contributed by atoms with Crippen LogP contribution in [0.1, 0.15) is 0 Å². The largest absolute Gasteiger partial charge is 0.448 e. The summed E-state index contributed by atoms with van der Waals surface area (Å²) in [6.45, 7) is 0.872. The number of amides is 1. The van der Waals surface area contributed by atoms with Gasteiger partial charge in [-0.05, 0) is 12.1 Å². The molecule has 0 aliphatic carbocycles. The molecule has 1 heterocycles. The highest BCUT2D eigenvalue weighted by atomic mass is 35.5. The molecule has 0 spiro atoms. The monoisotopic (exact) mass is 300 g/mol. The maximum absolute atomic E-state index is 12.0. The van der Waals surface area contributed by atoms with E-state index in [0.29, 0.717) is 24.4 Å². The number of nitrogens with zero attached hydrogens (tertiary/aromatic N) is 1. The van der Waals surface area contributed by atoms with Crippen molar-refractivity contribution in [1.29, 1.82) is 0 Å². The quantitative estimate of drug-likeness (QED) is 0.860. The van der Waals surface area contributed by atoms with E-state index < -0.39 is 6.09 Å². The van der Waals surface area contributed by atoms with Gasteiger partial charge in [0.05, 0.1) is 16.6 Å². The van der Waals surface area contributed by atoms with E-state index in [9.17, 15) is 9.59 Å². The molecule has 7 heteroatoms. The van der Waals surface area contributed by atoms with Gasteiger partial charge in [0, 0.05) is 12.4 Å². The molecule has 2 aromatic rings. The van der Waals surface area contributed by atoms with Crippen molar-refractivity contribution in [2.45, 2.75) is 6.54 Å². The van der Waals surface area contributed by atoms with E-state index in [4.69, 9.17) is 16.3 Å². The topological polar surface area (TPSA) is 60.3 Å². The van der Waals surface area contributed by atoms with Crippen molar-refractivity contribution in [3.05, 3.63) is 34.6 Å². The van der Waals surface area contributed by atoms with Crippen LogP contribution in [0, 0.1) is 0 Å².